The van der Waals surface area contributed by atoms with E-state index < -0.39 is 39.1 Å². The van der Waals surface area contributed by atoms with Gasteiger partial charge >= 0.3 is 6.09 Å². The van der Waals surface area contributed by atoms with Crippen molar-refractivity contribution in [2.45, 2.75) is 57.6 Å². The number of anilines is 1. The van der Waals surface area contributed by atoms with Gasteiger partial charge in [0.05, 0.1) is 10.9 Å². The van der Waals surface area contributed by atoms with Crippen LogP contribution in [0.2, 0.25) is 0 Å². The summed E-state index contributed by atoms with van der Waals surface area (Å²) in [5.74, 6) is -1.20. The van der Waals surface area contributed by atoms with Crippen LogP contribution in [0.5, 0.6) is 0 Å². The van der Waals surface area contributed by atoms with Crippen molar-refractivity contribution >= 4 is 38.2 Å². The zero-order valence-corrected chi connectivity index (χ0v) is 20.7. The predicted molar refractivity (Wildman–Crippen MR) is 128 cm³/mol. The van der Waals surface area contributed by atoms with Crippen LogP contribution < -0.4 is 10.2 Å². The molecule has 0 saturated heterocycles. The Bertz CT molecular complexity index is 1090. The molecule has 1 N–H and O–H groups in total. The third-order valence-corrected chi connectivity index (χ3v) is 6.49. The van der Waals surface area contributed by atoms with Gasteiger partial charge in [-0.2, -0.15) is 0 Å². The second-order valence-corrected chi connectivity index (χ2v) is 11.5. The third kappa shape index (κ3) is 6.69. The lowest BCUT2D eigenvalue weighted by atomic mass is 10.0. The molecule has 0 heterocycles. The van der Waals surface area contributed by atoms with E-state index in [0.717, 1.165) is 11.1 Å². The molecular weight excluding hydrogens is 428 g/mol. The highest BCUT2D eigenvalue weighted by molar-refractivity contribution is 7.92. The fourth-order valence-corrected chi connectivity index (χ4v) is 5.01. The van der Waals surface area contributed by atoms with E-state index in [1.54, 1.807) is 39.0 Å². The van der Waals surface area contributed by atoms with E-state index in [0.29, 0.717) is 11.8 Å². The van der Waals surface area contributed by atoms with E-state index in [1.807, 2.05) is 45.0 Å². The average Bonchev–Trinajstić information content (AvgIpc) is 2.64. The summed E-state index contributed by atoms with van der Waals surface area (Å²) < 4.78 is 31.8. The molecule has 0 aliphatic carbocycles. The number of amides is 1. The van der Waals surface area contributed by atoms with Gasteiger partial charge in [-0.1, -0.05) is 38.1 Å². The zero-order valence-electron chi connectivity index (χ0n) is 19.9. The summed E-state index contributed by atoms with van der Waals surface area (Å²) in [4.78, 5) is 27.3. The van der Waals surface area contributed by atoms with Gasteiger partial charge < -0.3 is 15.0 Å². The maximum Gasteiger partial charge on any atom is 0.408 e. The number of carbonyl (C=O) groups excluding carboxylic acids is 2. The predicted octanol–water partition coefficient (Wildman–Crippen LogP) is 4.19. The minimum absolute atomic E-state index is 0.0711. The van der Waals surface area contributed by atoms with Crippen molar-refractivity contribution in [2.24, 2.45) is 5.92 Å². The van der Waals surface area contributed by atoms with Gasteiger partial charge in [-0.05, 0) is 45.2 Å². The molecule has 0 unspecified atom stereocenters. The Balaban J connectivity index is 2.35. The number of sulfone groups is 1. The quantitative estimate of drug-likeness (QED) is 0.632. The van der Waals surface area contributed by atoms with E-state index in [9.17, 15) is 18.0 Å². The molecule has 1 atom stereocenters. The molecule has 8 heteroatoms. The van der Waals surface area contributed by atoms with Crippen molar-refractivity contribution in [1.82, 2.24) is 5.32 Å². The molecular formula is C24H34N2O5S. The van der Waals surface area contributed by atoms with Crippen LogP contribution in [0.4, 0.5) is 10.5 Å². The second-order valence-electron chi connectivity index (χ2n) is 9.58. The minimum atomic E-state index is -3.94. The molecule has 0 fully saturated rings. The number of ketones is 1. The molecule has 2 aromatic rings. The highest BCUT2D eigenvalue weighted by atomic mass is 32.2. The lowest BCUT2D eigenvalue weighted by Gasteiger charge is -2.24. The molecule has 0 bridgehead atoms. The van der Waals surface area contributed by atoms with E-state index >= 15 is 0 Å². The molecule has 2 aromatic carbocycles. The maximum atomic E-state index is 13.3. The summed E-state index contributed by atoms with van der Waals surface area (Å²) in [6.07, 6.45) is -0.428. The number of nitrogens with zero attached hydrogens (tertiary/aromatic N) is 1. The Morgan fingerprint density at radius 1 is 1.03 bits per heavy atom. The lowest BCUT2D eigenvalue weighted by Crippen LogP contribution is -2.46. The number of benzene rings is 2. The first-order valence-corrected chi connectivity index (χ1v) is 12.3. The summed E-state index contributed by atoms with van der Waals surface area (Å²) in [7, 11) is -0.166. The van der Waals surface area contributed by atoms with Crippen LogP contribution in [0, 0.1) is 5.92 Å². The number of fused-ring (bicyclic) bond motifs is 1. The summed E-state index contributed by atoms with van der Waals surface area (Å²) >= 11 is 0. The first-order chi connectivity index (χ1) is 14.7. The molecule has 2 rings (SSSR count). The molecule has 1 amide bonds. The van der Waals surface area contributed by atoms with Crippen LogP contribution >= 0.6 is 0 Å². The van der Waals surface area contributed by atoms with Gasteiger partial charge in [0.2, 0.25) is 0 Å². The second kappa shape index (κ2) is 9.90. The van der Waals surface area contributed by atoms with Crippen LogP contribution in [0.25, 0.3) is 10.8 Å². The number of ether oxygens (including phenoxy) is 1. The summed E-state index contributed by atoms with van der Waals surface area (Å²) in [5.41, 5.74) is 0.157. The van der Waals surface area contributed by atoms with Gasteiger partial charge in [0, 0.05) is 30.6 Å². The van der Waals surface area contributed by atoms with Gasteiger partial charge in [-0.3, -0.25) is 4.79 Å². The van der Waals surface area contributed by atoms with E-state index in [4.69, 9.17) is 4.74 Å². The van der Waals surface area contributed by atoms with Crippen molar-refractivity contribution in [3.05, 3.63) is 36.4 Å². The van der Waals surface area contributed by atoms with Crippen LogP contribution in [0.3, 0.4) is 0 Å². The van der Waals surface area contributed by atoms with Gasteiger partial charge in [0.25, 0.3) is 0 Å². The first kappa shape index (κ1) is 25.6. The first-order valence-electron chi connectivity index (χ1n) is 10.7. The van der Waals surface area contributed by atoms with Crippen molar-refractivity contribution < 1.29 is 22.7 Å². The number of carbonyl (C=O) groups is 2. The van der Waals surface area contributed by atoms with Crippen molar-refractivity contribution in [3.63, 3.8) is 0 Å². The van der Waals surface area contributed by atoms with Gasteiger partial charge in [-0.25, -0.2) is 13.2 Å². The van der Waals surface area contributed by atoms with E-state index in [-0.39, 0.29) is 10.8 Å². The molecule has 32 heavy (non-hydrogen) atoms. The number of hydrogen-bond acceptors (Lipinski definition) is 6. The number of Topliss-reactive ketones (excluding diaryl/α,β-unsaturated/α-hetero) is 1. The molecule has 0 aromatic heterocycles. The number of nitrogens with one attached hydrogen (secondary N) is 1. The molecule has 7 nitrogen and oxygen atoms in total. The van der Waals surface area contributed by atoms with E-state index in [2.05, 4.69) is 5.32 Å². The molecule has 0 aliphatic heterocycles. The Morgan fingerprint density at radius 2 is 1.62 bits per heavy atom. The largest absolute Gasteiger partial charge is 0.444 e. The van der Waals surface area contributed by atoms with Crippen molar-refractivity contribution in [2.75, 3.05) is 24.7 Å². The van der Waals surface area contributed by atoms with Gasteiger partial charge in [-0.15, -0.1) is 0 Å². The molecule has 0 saturated carbocycles. The molecule has 0 radical (unpaired) electrons. The Hall–Kier alpha value is -2.61. The SMILES string of the molecule is CC(C)C[C@H](NC(=O)OC(C)(C)C)C(=O)CS(=O)(=O)c1cccc2c(N(C)C)cccc12. The van der Waals surface area contributed by atoms with E-state index in [1.165, 1.54) is 6.07 Å². The van der Waals surface area contributed by atoms with Crippen LogP contribution in [0.15, 0.2) is 41.3 Å². The fourth-order valence-electron chi connectivity index (χ4n) is 3.48. The normalized spacial score (nSPS) is 13.1. The highest BCUT2D eigenvalue weighted by Gasteiger charge is 2.30. The van der Waals surface area contributed by atoms with Crippen LogP contribution in [0.1, 0.15) is 41.0 Å². The fraction of sp³-hybridized carbons (Fsp3) is 0.500. The minimum Gasteiger partial charge on any atom is -0.444 e. The van der Waals surface area contributed by atoms with Crippen LogP contribution in [-0.2, 0) is 19.4 Å². The Kier molecular flexibility index (Phi) is 7.93. The topological polar surface area (TPSA) is 92.8 Å². The highest BCUT2D eigenvalue weighted by Crippen LogP contribution is 2.30. The average molecular weight is 463 g/mol. The Morgan fingerprint density at radius 3 is 2.19 bits per heavy atom. The molecule has 176 valence electrons. The van der Waals surface area contributed by atoms with Gasteiger partial charge in [0.1, 0.15) is 11.4 Å². The lowest BCUT2D eigenvalue weighted by molar-refractivity contribution is -0.119. The standard InChI is InChI=1S/C24H34N2O5S/c1-16(2)14-19(25-23(28)31-24(3,4)5)21(27)15-32(29,30)22-13-9-10-17-18(22)11-8-12-20(17)26(6)7/h8-13,16,19H,14-15H2,1-7H3,(H,25,28)/t19-/m0/s1. The number of rotatable bonds is 8. The third-order valence-electron chi connectivity index (χ3n) is 4.79. The number of hydrogen-bond donors (Lipinski definition) is 1. The molecule has 0 spiro atoms. The maximum absolute atomic E-state index is 13.3. The zero-order chi connectivity index (χ0) is 24.3. The Labute approximate surface area is 191 Å². The summed E-state index contributed by atoms with van der Waals surface area (Å²) in [6, 6.07) is 9.55. The summed E-state index contributed by atoms with van der Waals surface area (Å²) in [6.45, 7) is 8.97. The molecule has 0 aliphatic rings. The van der Waals surface area contributed by atoms with Gasteiger partial charge in [0.15, 0.2) is 15.6 Å². The van der Waals surface area contributed by atoms with Crippen LogP contribution in [-0.4, -0.2) is 51.8 Å². The number of alkyl carbamates (subject to hydrolysis) is 1. The smallest absolute Gasteiger partial charge is 0.408 e. The van der Waals surface area contributed by atoms with Crippen molar-refractivity contribution in [1.29, 1.82) is 0 Å². The monoisotopic (exact) mass is 462 g/mol. The summed E-state index contributed by atoms with van der Waals surface area (Å²) in [5, 5.41) is 3.91. The van der Waals surface area contributed by atoms with Crippen molar-refractivity contribution in [3.8, 4) is 0 Å².